The molecule has 3 N–H and O–H groups in total. The minimum absolute atomic E-state index is 0.272. The smallest absolute Gasteiger partial charge is 0.315 e. The number of hydrogen-bond donors (Lipinski definition) is 3. The van der Waals surface area contributed by atoms with Gasteiger partial charge < -0.3 is 25.4 Å². The molecule has 0 radical (unpaired) electrons. The zero-order valence-corrected chi connectivity index (χ0v) is 12.9. The van der Waals surface area contributed by atoms with Crippen LogP contribution >= 0.6 is 0 Å². The van der Waals surface area contributed by atoms with Crippen molar-refractivity contribution in [3.05, 3.63) is 0 Å². The molecule has 2 amide bonds. The summed E-state index contributed by atoms with van der Waals surface area (Å²) >= 11 is 0. The van der Waals surface area contributed by atoms with E-state index in [4.69, 9.17) is 9.84 Å². The molecule has 0 aromatic heterocycles. The van der Waals surface area contributed by atoms with E-state index in [0.29, 0.717) is 26.2 Å². The second-order valence-electron chi connectivity index (χ2n) is 5.65. The molecule has 1 fully saturated rings. The molecule has 122 valence electrons. The number of carboxylic acids is 1. The van der Waals surface area contributed by atoms with Crippen LogP contribution in [0.15, 0.2) is 0 Å². The second-order valence-corrected chi connectivity index (χ2v) is 5.65. The molecule has 0 aromatic rings. The van der Waals surface area contributed by atoms with Crippen LogP contribution in [0.5, 0.6) is 0 Å². The molecule has 0 aromatic carbocycles. The fourth-order valence-corrected chi connectivity index (χ4v) is 2.40. The molecule has 1 aliphatic rings. The Labute approximate surface area is 126 Å². The summed E-state index contributed by atoms with van der Waals surface area (Å²) in [5.74, 6) is -1.30. The molecular weight excluding hydrogens is 274 g/mol. The monoisotopic (exact) mass is 301 g/mol. The van der Waals surface area contributed by atoms with Gasteiger partial charge in [-0.2, -0.15) is 0 Å². The minimum Gasteiger partial charge on any atom is -0.481 e. The molecule has 1 saturated carbocycles. The van der Waals surface area contributed by atoms with Crippen LogP contribution in [0.4, 0.5) is 4.79 Å². The molecule has 21 heavy (non-hydrogen) atoms. The van der Waals surface area contributed by atoms with E-state index in [9.17, 15) is 9.59 Å². The first kappa shape index (κ1) is 17.7. The highest BCUT2D eigenvalue weighted by atomic mass is 16.5. The van der Waals surface area contributed by atoms with Crippen molar-refractivity contribution < 1.29 is 19.4 Å². The van der Waals surface area contributed by atoms with Crippen LogP contribution in [0, 0.1) is 5.92 Å². The quantitative estimate of drug-likeness (QED) is 0.568. The summed E-state index contributed by atoms with van der Waals surface area (Å²) in [5, 5.41) is 14.6. The Morgan fingerprint density at radius 3 is 2.62 bits per heavy atom. The first-order chi connectivity index (χ1) is 10.0. The Bertz CT molecular complexity index is 336. The number of rotatable bonds is 8. The third-order valence-corrected chi connectivity index (χ3v) is 3.61. The topological polar surface area (TPSA) is 90.9 Å². The van der Waals surface area contributed by atoms with E-state index in [1.165, 1.54) is 0 Å². The molecule has 0 bridgehead atoms. The van der Waals surface area contributed by atoms with E-state index in [2.05, 4.69) is 10.6 Å². The van der Waals surface area contributed by atoms with Gasteiger partial charge in [0.2, 0.25) is 0 Å². The van der Waals surface area contributed by atoms with Crippen molar-refractivity contribution in [2.45, 2.75) is 31.7 Å². The van der Waals surface area contributed by atoms with Gasteiger partial charge in [-0.1, -0.05) is 12.8 Å². The van der Waals surface area contributed by atoms with E-state index in [1.54, 1.807) is 0 Å². The molecule has 1 aliphatic carbocycles. The number of carbonyl (C=O) groups is 2. The molecule has 1 rings (SSSR count). The Hall–Kier alpha value is -1.34. The van der Waals surface area contributed by atoms with Gasteiger partial charge >= 0.3 is 12.0 Å². The summed E-state index contributed by atoms with van der Waals surface area (Å²) in [7, 11) is 3.94. The van der Waals surface area contributed by atoms with Crippen LogP contribution in [-0.2, 0) is 9.53 Å². The van der Waals surface area contributed by atoms with Gasteiger partial charge in [0.1, 0.15) is 0 Å². The van der Waals surface area contributed by atoms with Crippen molar-refractivity contribution in [3.8, 4) is 0 Å². The van der Waals surface area contributed by atoms with E-state index >= 15 is 0 Å². The lowest BCUT2D eigenvalue weighted by molar-refractivity contribution is -0.143. The number of nitrogens with one attached hydrogen (secondary N) is 2. The van der Waals surface area contributed by atoms with Gasteiger partial charge in [-0.15, -0.1) is 0 Å². The predicted octanol–water partition coefficient (Wildman–Crippen LogP) is 0.507. The highest BCUT2D eigenvalue weighted by Crippen LogP contribution is 2.24. The van der Waals surface area contributed by atoms with Gasteiger partial charge in [0.25, 0.3) is 0 Å². The first-order valence-corrected chi connectivity index (χ1v) is 7.50. The lowest BCUT2D eigenvalue weighted by Gasteiger charge is -2.29. The summed E-state index contributed by atoms with van der Waals surface area (Å²) in [4.78, 5) is 24.9. The third-order valence-electron chi connectivity index (χ3n) is 3.61. The van der Waals surface area contributed by atoms with E-state index in [-0.39, 0.29) is 12.1 Å². The number of aliphatic carboxylic acids is 1. The van der Waals surface area contributed by atoms with Crippen LogP contribution in [0.3, 0.4) is 0 Å². The number of likely N-dealkylation sites (N-methyl/N-ethyl adjacent to an activating group) is 1. The van der Waals surface area contributed by atoms with Crippen molar-refractivity contribution in [1.82, 2.24) is 15.5 Å². The Morgan fingerprint density at radius 1 is 1.24 bits per heavy atom. The van der Waals surface area contributed by atoms with Crippen LogP contribution in [0.1, 0.15) is 25.7 Å². The zero-order chi connectivity index (χ0) is 15.7. The van der Waals surface area contributed by atoms with Crippen LogP contribution in [0.2, 0.25) is 0 Å². The highest BCUT2D eigenvalue weighted by Gasteiger charge is 2.31. The van der Waals surface area contributed by atoms with Crippen LogP contribution in [0.25, 0.3) is 0 Å². The van der Waals surface area contributed by atoms with Gasteiger partial charge in [0.15, 0.2) is 0 Å². The van der Waals surface area contributed by atoms with Gasteiger partial charge in [-0.05, 0) is 26.9 Å². The fraction of sp³-hybridized carbons (Fsp3) is 0.857. The zero-order valence-electron chi connectivity index (χ0n) is 12.9. The van der Waals surface area contributed by atoms with Crippen molar-refractivity contribution in [3.63, 3.8) is 0 Å². The molecule has 7 heteroatoms. The average molecular weight is 301 g/mol. The van der Waals surface area contributed by atoms with Crippen molar-refractivity contribution in [2.75, 3.05) is 40.4 Å². The Morgan fingerprint density at radius 2 is 1.95 bits per heavy atom. The fourth-order valence-electron chi connectivity index (χ4n) is 2.40. The molecule has 2 atom stereocenters. The average Bonchev–Trinajstić information content (AvgIpc) is 2.42. The lowest BCUT2D eigenvalue weighted by Crippen LogP contribution is -2.49. The van der Waals surface area contributed by atoms with Crippen molar-refractivity contribution in [2.24, 2.45) is 5.92 Å². The number of carboxylic acid groups (broad SMARTS) is 1. The van der Waals surface area contributed by atoms with E-state index in [0.717, 1.165) is 25.8 Å². The van der Waals surface area contributed by atoms with Crippen LogP contribution < -0.4 is 10.6 Å². The van der Waals surface area contributed by atoms with Crippen LogP contribution in [-0.4, -0.2) is 68.4 Å². The van der Waals surface area contributed by atoms with E-state index in [1.807, 2.05) is 19.0 Å². The molecule has 0 aliphatic heterocycles. The highest BCUT2D eigenvalue weighted by molar-refractivity contribution is 5.76. The Kier molecular flexibility index (Phi) is 8.07. The summed E-state index contributed by atoms with van der Waals surface area (Å²) < 4.78 is 5.37. The second kappa shape index (κ2) is 9.57. The van der Waals surface area contributed by atoms with Crippen molar-refractivity contribution >= 4 is 12.0 Å². The molecule has 2 unspecified atom stereocenters. The normalized spacial score (nSPS) is 22.0. The van der Waals surface area contributed by atoms with Gasteiger partial charge in [0, 0.05) is 19.1 Å². The standard InChI is InChI=1S/C14H27N3O4/c1-17(2)8-10-21-9-7-15-14(20)16-12-6-4-3-5-11(12)13(18)19/h11-12H,3-10H2,1-2H3,(H,18,19)(H2,15,16,20). The number of hydrogen-bond acceptors (Lipinski definition) is 4. The number of urea groups is 1. The number of nitrogens with zero attached hydrogens (tertiary/aromatic N) is 1. The molecular formula is C14H27N3O4. The Balaban J connectivity index is 2.16. The predicted molar refractivity (Wildman–Crippen MR) is 79.3 cm³/mol. The summed E-state index contributed by atoms with van der Waals surface area (Å²) in [6.45, 7) is 2.34. The lowest BCUT2D eigenvalue weighted by atomic mass is 9.84. The maximum Gasteiger partial charge on any atom is 0.315 e. The van der Waals surface area contributed by atoms with Gasteiger partial charge in [-0.25, -0.2) is 4.79 Å². The number of carbonyl (C=O) groups excluding carboxylic acids is 1. The maximum absolute atomic E-state index is 11.7. The van der Waals surface area contributed by atoms with E-state index < -0.39 is 11.9 Å². The molecule has 0 heterocycles. The number of ether oxygens (including phenoxy) is 1. The largest absolute Gasteiger partial charge is 0.481 e. The van der Waals surface area contributed by atoms with Gasteiger partial charge in [-0.3, -0.25) is 4.79 Å². The summed E-state index contributed by atoms with van der Waals surface area (Å²) in [6.07, 6.45) is 3.23. The number of amides is 2. The minimum atomic E-state index is -0.827. The summed E-state index contributed by atoms with van der Waals surface area (Å²) in [6, 6.07) is -0.588. The summed E-state index contributed by atoms with van der Waals surface area (Å²) in [5.41, 5.74) is 0. The first-order valence-electron chi connectivity index (χ1n) is 7.50. The molecule has 0 spiro atoms. The van der Waals surface area contributed by atoms with Crippen molar-refractivity contribution in [1.29, 1.82) is 0 Å². The SMILES string of the molecule is CN(C)CCOCCNC(=O)NC1CCCCC1C(=O)O. The molecule has 7 nitrogen and oxygen atoms in total. The maximum atomic E-state index is 11.7. The molecule has 0 saturated heterocycles. The van der Waals surface area contributed by atoms with Gasteiger partial charge in [0.05, 0.1) is 19.1 Å². The third kappa shape index (κ3) is 7.29.